The quantitative estimate of drug-likeness (QED) is 0.919. The first kappa shape index (κ1) is 16.6. The summed E-state index contributed by atoms with van der Waals surface area (Å²) in [5.41, 5.74) is 2.72. The van der Waals surface area contributed by atoms with Crippen LogP contribution < -0.4 is 10.1 Å². The molecule has 0 saturated carbocycles. The molecule has 0 fully saturated rings. The predicted octanol–water partition coefficient (Wildman–Crippen LogP) is 3.51. The van der Waals surface area contributed by atoms with Crippen LogP contribution in [0.3, 0.4) is 0 Å². The topological polar surface area (TPSA) is 62.1 Å². The molecule has 2 unspecified atom stereocenters. The van der Waals surface area contributed by atoms with Gasteiger partial charge in [0.1, 0.15) is 5.75 Å². The fourth-order valence-corrected chi connectivity index (χ4v) is 2.38. The van der Waals surface area contributed by atoms with Gasteiger partial charge in [0.15, 0.2) is 6.10 Å². The van der Waals surface area contributed by atoms with Gasteiger partial charge in [0, 0.05) is 0 Å². The van der Waals surface area contributed by atoms with Gasteiger partial charge in [-0.1, -0.05) is 30.3 Å². The predicted molar refractivity (Wildman–Crippen MR) is 89.0 cm³/mol. The number of hydrogen-bond donors (Lipinski definition) is 1. The van der Waals surface area contributed by atoms with Crippen molar-refractivity contribution in [1.29, 1.82) is 5.26 Å². The Bertz CT molecular complexity index is 734. The van der Waals surface area contributed by atoms with Crippen LogP contribution in [-0.4, -0.2) is 12.0 Å². The first-order valence-corrected chi connectivity index (χ1v) is 7.54. The van der Waals surface area contributed by atoms with Gasteiger partial charge in [0.25, 0.3) is 5.91 Å². The van der Waals surface area contributed by atoms with Crippen molar-refractivity contribution in [3.63, 3.8) is 0 Å². The highest BCUT2D eigenvalue weighted by Gasteiger charge is 2.18. The van der Waals surface area contributed by atoms with Crippen molar-refractivity contribution in [2.24, 2.45) is 0 Å². The van der Waals surface area contributed by atoms with E-state index in [0.717, 1.165) is 11.1 Å². The molecule has 0 heterocycles. The molecule has 0 aromatic heterocycles. The zero-order valence-corrected chi connectivity index (χ0v) is 13.5. The fourth-order valence-electron chi connectivity index (χ4n) is 2.38. The van der Waals surface area contributed by atoms with Gasteiger partial charge in [-0.15, -0.1) is 0 Å². The van der Waals surface area contributed by atoms with Crippen LogP contribution in [0.1, 0.15) is 36.6 Å². The van der Waals surface area contributed by atoms with Crippen molar-refractivity contribution in [3.8, 4) is 11.8 Å². The number of nitriles is 1. The van der Waals surface area contributed by atoms with E-state index in [1.807, 2.05) is 44.2 Å². The third-order valence-electron chi connectivity index (χ3n) is 3.66. The second kappa shape index (κ2) is 7.46. The molecule has 4 heteroatoms. The number of carbonyl (C=O) groups is 1. The van der Waals surface area contributed by atoms with Gasteiger partial charge in [0.05, 0.1) is 17.7 Å². The third-order valence-corrected chi connectivity index (χ3v) is 3.66. The van der Waals surface area contributed by atoms with E-state index in [4.69, 9.17) is 10.00 Å². The standard InChI is InChI=1S/C19H20N2O2/c1-13-7-4-5-10-18(13)14(2)21-19(22)15(3)23-17-9-6-8-16(11-17)12-20/h4-11,14-15H,1-3H3,(H,21,22). The van der Waals surface area contributed by atoms with Crippen LogP contribution in [0, 0.1) is 18.3 Å². The summed E-state index contributed by atoms with van der Waals surface area (Å²) in [4.78, 5) is 12.3. The number of hydrogen-bond acceptors (Lipinski definition) is 3. The van der Waals surface area contributed by atoms with Crippen LogP contribution in [0.2, 0.25) is 0 Å². The monoisotopic (exact) mass is 308 g/mol. The molecule has 2 rings (SSSR count). The summed E-state index contributed by atoms with van der Waals surface area (Å²) in [5, 5.41) is 11.8. The summed E-state index contributed by atoms with van der Waals surface area (Å²) in [5.74, 6) is 0.318. The second-order valence-electron chi connectivity index (χ2n) is 5.49. The number of benzene rings is 2. The molecule has 0 spiro atoms. The van der Waals surface area contributed by atoms with Crippen molar-refractivity contribution >= 4 is 5.91 Å². The number of aryl methyl sites for hydroxylation is 1. The maximum atomic E-state index is 12.3. The molecule has 0 radical (unpaired) electrons. The van der Waals surface area contributed by atoms with E-state index >= 15 is 0 Å². The van der Waals surface area contributed by atoms with E-state index < -0.39 is 6.10 Å². The number of nitrogens with zero attached hydrogens (tertiary/aromatic N) is 1. The van der Waals surface area contributed by atoms with Crippen molar-refractivity contribution in [3.05, 3.63) is 65.2 Å². The van der Waals surface area contributed by atoms with Crippen molar-refractivity contribution in [2.75, 3.05) is 0 Å². The Morgan fingerprint density at radius 2 is 1.91 bits per heavy atom. The van der Waals surface area contributed by atoms with E-state index in [1.54, 1.807) is 31.2 Å². The van der Waals surface area contributed by atoms with Gasteiger partial charge in [-0.25, -0.2) is 0 Å². The molecule has 118 valence electrons. The van der Waals surface area contributed by atoms with Crippen LogP contribution in [0.25, 0.3) is 0 Å². The summed E-state index contributed by atoms with van der Waals surface area (Å²) in [6, 6.07) is 16.7. The summed E-state index contributed by atoms with van der Waals surface area (Å²) in [7, 11) is 0. The lowest BCUT2D eigenvalue weighted by atomic mass is 10.0. The first-order valence-electron chi connectivity index (χ1n) is 7.54. The lowest BCUT2D eigenvalue weighted by Crippen LogP contribution is -2.37. The smallest absolute Gasteiger partial charge is 0.261 e. The Kier molecular flexibility index (Phi) is 5.37. The lowest BCUT2D eigenvalue weighted by Gasteiger charge is -2.20. The molecular weight excluding hydrogens is 288 g/mol. The van der Waals surface area contributed by atoms with E-state index in [-0.39, 0.29) is 11.9 Å². The van der Waals surface area contributed by atoms with Crippen LogP contribution in [0.15, 0.2) is 48.5 Å². The van der Waals surface area contributed by atoms with Gasteiger partial charge >= 0.3 is 0 Å². The van der Waals surface area contributed by atoms with Gasteiger partial charge < -0.3 is 10.1 Å². The number of amides is 1. The molecule has 23 heavy (non-hydrogen) atoms. The molecule has 2 atom stereocenters. The molecule has 2 aromatic carbocycles. The third kappa shape index (κ3) is 4.33. The highest BCUT2D eigenvalue weighted by molar-refractivity contribution is 5.81. The first-order chi connectivity index (χ1) is 11.0. The largest absolute Gasteiger partial charge is 0.481 e. The average Bonchev–Trinajstić information content (AvgIpc) is 2.55. The summed E-state index contributed by atoms with van der Waals surface area (Å²) >= 11 is 0. The Morgan fingerprint density at radius 1 is 1.17 bits per heavy atom. The number of rotatable bonds is 5. The Balaban J connectivity index is 2.00. The van der Waals surface area contributed by atoms with Crippen LogP contribution in [0.4, 0.5) is 0 Å². The number of ether oxygens (including phenoxy) is 1. The van der Waals surface area contributed by atoms with Crippen LogP contribution in [0.5, 0.6) is 5.75 Å². The molecule has 0 aliphatic heterocycles. The molecule has 4 nitrogen and oxygen atoms in total. The maximum absolute atomic E-state index is 12.3. The van der Waals surface area contributed by atoms with Crippen LogP contribution >= 0.6 is 0 Å². The van der Waals surface area contributed by atoms with Gasteiger partial charge in [-0.2, -0.15) is 5.26 Å². The minimum Gasteiger partial charge on any atom is -0.481 e. The van der Waals surface area contributed by atoms with Gasteiger partial charge in [0.2, 0.25) is 0 Å². The SMILES string of the molecule is Cc1ccccc1C(C)NC(=O)C(C)Oc1cccc(C#N)c1. The molecular formula is C19H20N2O2. The minimum atomic E-state index is -0.643. The minimum absolute atomic E-state index is 0.0970. The molecule has 0 bridgehead atoms. The summed E-state index contributed by atoms with van der Waals surface area (Å²) in [6.45, 7) is 5.66. The zero-order chi connectivity index (χ0) is 16.8. The van der Waals surface area contributed by atoms with E-state index in [1.165, 1.54) is 0 Å². The molecule has 0 saturated heterocycles. The second-order valence-corrected chi connectivity index (χ2v) is 5.49. The summed E-state index contributed by atoms with van der Waals surface area (Å²) in [6.07, 6.45) is -0.643. The lowest BCUT2D eigenvalue weighted by molar-refractivity contribution is -0.127. The van der Waals surface area contributed by atoms with Crippen molar-refractivity contribution < 1.29 is 9.53 Å². The van der Waals surface area contributed by atoms with Crippen molar-refractivity contribution in [1.82, 2.24) is 5.32 Å². The van der Waals surface area contributed by atoms with Crippen molar-refractivity contribution in [2.45, 2.75) is 32.9 Å². The van der Waals surface area contributed by atoms with Gasteiger partial charge in [-0.05, 0) is 50.1 Å². The Hall–Kier alpha value is -2.80. The highest BCUT2D eigenvalue weighted by atomic mass is 16.5. The van der Waals surface area contributed by atoms with E-state index in [2.05, 4.69) is 5.32 Å². The van der Waals surface area contributed by atoms with Crippen LogP contribution in [-0.2, 0) is 4.79 Å². The Morgan fingerprint density at radius 3 is 2.61 bits per heavy atom. The number of carbonyl (C=O) groups excluding carboxylic acids is 1. The molecule has 1 amide bonds. The molecule has 0 aliphatic rings. The molecule has 2 aromatic rings. The van der Waals surface area contributed by atoms with E-state index in [9.17, 15) is 4.79 Å². The number of nitrogens with one attached hydrogen (secondary N) is 1. The average molecular weight is 308 g/mol. The zero-order valence-electron chi connectivity index (χ0n) is 13.5. The summed E-state index contributed by atoms with van der Waals surface area (Å²) < 4.78 is 5.62. The van der Waals surface area contributed by atoms with E-state index in [0.29, 0.717) is 11.3 Å². The maximum Gasteiger partial charge on any atom is 0.261 e. The highest BCUT2D eigenvalue weighted by Crippen LogP contribution is 2.18. The molecule has 0 aliphatic carbocycles. The van der Waals surface area contributed by atoms with Gasteiger partial charge in [-0.3, -0.25) is 4.79 Å². The fraction of sp³-hybridized carbons (Fsp3) is 0.263. The Labute approximate surface area is 136 Å². The normalized spacial score (nSPS) is 12.8. The molecule has 1 N–H and O–H groups in total.